The van der Waals surface area contributed by atoms with Crippen LogP contribution in [0.4, 0.5) is 0 Å². The maximum Gasteiger partial charge on any atom is 0.191 e. The van der Waals surface area contributed by atoms with E-state index in [2.05, 4.69) is 4.99 Å². The first-order chi connectivity index (χ1) is 8.12. The van der Waals surface area contributed by atoms with Gasteiger partial charge in [-0.2, -0.15) is 0 Å². The number of aliphatic imine (C=N–C) groups is 1. The van der Waals surface area contributed by atoms with Gasteiger partial charge in [-0.25, -0.2) is 0 Å². The van der Waals surface area contributed by atoms with Crippen molar-refractivity contribution in [1.82, 2.24) is 4.90 Å². The van der Waals surface area contributed by atoms with Crippen LogP contribution >= 0.6 is 24.0 Å². The fourth-order valence-electron chi connectivity index (χ4n) is 1.49. The highest BCUT2D eigenvalue weighted by Crippen LogP contribution is 2.25. The third-order valence-corrected chi connectivity index (χ3v) is 2.52. The molecule has 0 aliphatic carbocycles. The summed E-state index contributed by atoms with van der Waals surface area (Å²) < 4.78 is 10.5. The third kappa shape index (κ3) is 4.25. The van der Waals surface area contributed by atoms with Crippen molar-refractivity contribution in [1.29, 1.82) is 0 Å². The van der Waals surface area contributed by atoms with E-state index in [9.17, 15) is 0 Å². The van der Waals surface area contributed by atoms with Crippen LogP contribution in [0.5, 0.6) is 11.5 Å². The van der Waals surface area contributed by atoms with Crippen molar-refractivity contribution in [2.75, 3.05) is 28.3 Å². The molecule has 0 saturated heterocycles. The first-order valence-electron chi connectivity index (χ1n) is 5.26. The van der Waals surface area contributed by atoms with Crippen LogP contribution in [0.15, 0.2) is 23.2 Å². The summed E-state index contributed by atoms with van der Waals surface area (Å²) in [5.41, 5.74) is 6.75. The number of rotatable bonds is 4. The fraction of sp³-hybridized carbons (Fsp3) is 0.417. The highest BCUT2D eigenvalue weighted by molar-refractivity contribution is 14.0. The standard InChI is InChI=1S/C12H19N3O2.HI/c1-14-12(13)15(2)8-9-5-6-10(16-3)7-11(9)17-4;/h5-7H,8H2,1-4H3,(H2,13,14);1H. The number of halogens is 1. The fourth-order valence-corrected chi connectivity index (χ4v) is 1.49. The zero-order valence-electron chi connectivity index (χ0n) is 11.1. The zero-order valence-corrected chi connectivity index (χ0v) is 13.5. The van der Waals surface area contributed by atoms with Crippen molar-refractivity contribution in [3.63, 3.8) is 0 Å². The predicted octanol–water partition coefficient (Wildman–Crippen LogP) is 1.70. The molecule has 0 aromatic heterocycles. The largest absolute Gasteiger partial charge is 0.497 e. The third-order valence-electron chi connectivity index (χ3n) is 2.52. The van der Waals surface area contributed by atoms with Crippen LogP contribution in [0, 0.1) is 0 Å². The van der Waals surface area contributed by atoms with E-state index in [-0.39, 0.29) is 24.0 Å². The molecule has 0 bridgehead atoms. The van der Waals surface area contributed by atoms with Gasteiger partial charge in [0.1, 0.15) is 11.5 Å². The Kier molecular flexibility index (Phi) is 7.49. The van der Waals surface area contributed by atoms with Crippen molar-refractivity contribution in [3.05, 3.63) is 23.8 Å². The average molecular weight is 365 g/mol. The molecule has 0 unspecified atom stereocenters. The maximum atomic E-state index is 5.72. The molecular weight excluding hydrogens is 345 g/mol. The Morgan fingerprint density at radius 2 is 2.00 bits per heavy atom. The van der Waals surface area contributed by atoms with Crippen LogP contribution in [0.1, 0.15) is 5.56 Å². The number of nitrogens with two attached hydrogens (primary N) is 1. The molecule has 0 aliphatic heterocycles. The Labute approximate surface area is 125 Å². The van der Waals surface area contributed by atoms with Crippen LogP contribution < -0.4 is 15.2 Å². The molecule has 6 heteroatoms. The summed E-state index contributed by atoms with van der Waals surface area (Å²) in [6.45, 7) is 0.635. The van der Waals surface area contributed by atoms with Crippen molar-refractivity contribution < 1.29 is 9.47 Å². The molecule has 18 heavy (non-hydrogen) atoms. The Balaban J connectivity index is 0.00000289. The van der Waals surface area contributed by atoms with E-state index in [4.69, 9.17) is 15.2 Å². The molecular formula is C12H20IN3O2. The van der Waals surface area contributed by atoms with Crippen molar-refractivity contribution in [3.8, 4) is 11.5 Å². The van der Waals surface area contributed by atoms with Crippen molar-refractivity contribution in [2.45, 2.75) is 6.54 Å². The summed E-state index contributed by atoms with van der Waals surface area (Å²) in [5.74, 6) is 2.04. The van der Waals surface area contributed by atoms with E-state index in [1.165, 1.54) is 0 Å². The van der Waals surface area contributed by atoms with Gasteiger partial charge < -0.3 is 20.1 Å². The number of guanidine groups is 1. The lowest BCUT2D eigenvalue weighted by Gasteiger charge is -2.19. The average Bonchev–Trinajstić information content (AvgIpc) is 2.37. The molecule has 0 radical (unpaired) electrons. The minimum atomic E-state index is 0. The van der Waals surface area contributed by atoms with Gasteiger partial charge in [-0.15, -0.1) is 24.0 Å². The smallest absolute Gasteiger partial charge is 0.191 e. The molecule has 5 nitrogen and oxygen atoms in total. The second kappa shape index (κ2) is 8.02. The summed E-state index contributed by atoms with van der Waals surface area (Å²) in [6, 6.07) is 5.70. The van der Waals surface area contributed by atoms with Gasteiger partial charge in [0.2, 0.25) is 0 Å². The number of ether oxygens (including phenoxy) is 2. The molecule has 0 spiro atoms. The Bertz CT molecular complexity index is 410. The summed E-state index contributed by atoms with van der Waals surface area (Å²) in [7, 11) is 6.81. The van der Waals surface area contributed by atoms with Gasteiger partial charge in [0.25, 0.3) is 0 Å². The molecule has 0 atom stereocenters. The van der Waals surface area contributed by atoms with E-state index in [1.54, 1.807) is 21.3 Å². The van der Waals surface area contributed by atoms with E-state index in [1.807, 2.05) is 30.1 Å². The van der Waals surface area contributed by atoms with Crippen LogP contribution in [0.25, 0.3) is 0 Å². The Hall–Kier alpha value is -1.18. The van der Waals surface area contributed by atoms with Gasteiger partial charge in [0, 0.05) is 32.3 Å². The topological polar surface area (TPSA) is 60.1 Å². The lowest BCUT2D eigenvalue weighted by Crippen LogP contribution is -2.33. The monoisotopic (exact) mass is 365 g/mol. The zero-order chi connectivity index (χ0) is 12.8. The molecule has 0 heterocycles. The van der Waals surface area contributed by atoms with Crippen LogP contribution in [-0.2, 0) is 6.54 Å². The second-order valence-corrected chi connectivity index (χ2v) is 3.62. The summed E-state index contributed by atoms with van der Waals surface area (Å²) in [6.07, 6.45) is 0. The van der Waals surface area contributed by atoms with Gasteiger partial charge >= 0.3 is 0 Å². The van der Waals surface area contributed by atoms with Gasteiger partial charge in [-0.3, -0.25) is 4.99 Å². The molecule has 1 rings (SSSR count). The van der Waals surface area contributed by atoms with Crippen LogP contribution in [-0.4, -0.2) is 39.2 Å². The molecule has 0 aliphatic rings. The van der Waals surface area contributed by atoms with E-state index in [0.717, 1.165) is 17.1 Å². The maximum absolute atomic E-state index is 5.72. The molecule has 102 valence electrons. The molecule has 1 aromatic rings. The minimum Gasteiger partial charge on any atom is -0.497 e. The van der Waals surface area contributed by atoms with Gasteiger partial charge in [0.05, 0.1) is 14.2 Å². The second-order valence-electron chi connectivity index (χ2n) is 3.62. The first kappa shape index (κ1) is 16.8. The highest BCUT2D eigenvalue weighted by atomic mass is 127. The van der Waals surface area contributed by atoms with Crippen LogP contribution in [0.2, 0.25) is 0 Å². The van der Waals surface area contributed by atoms with Gasteiger partial charge in [-0.05, 0) is 12.1 Å². The molecule has 0 fully saturated rings. The van der Waals surface area contributed by atoms with E-state index >= 15 is 0 Å². The van der Waals surface area contributed by atoms with E-state index in [0.29, 0.717) is 12.5 Å². The van der Waals surface area contributed by atoms with Gasteiger partial charge in [0.15, 0.2) is 5.96 Å². The van der Waals surface area contributed by atoms with Crippen molar-refractivity contribution in [2.24, 2.45) is 10.7 Å². The minimum absolute atomic E-state index is 0. The summed E-state index contributed by atoms with van der Waals surface area (Å²) in [4.78, 5) is 5.78. The number of methoxy groups -OCH3 is 2. The SMILES string of the molecule is CN=C(N)N(C)Cc1ccc(OC)cc1OC.I. The Morgan fingerprint density at radius 1 is 1.33 bits per heavy atom. The quantitative estimate of drug-likeness (QED) is 0.501. The number of nitrogens with zero attached hydrogens (tertiary/aromatic N) is 2. The lowest BCUT2D eigenvalue weighted by molar-refractivity contribution is 0.383. The summed E-state index contributed by atoms with van der Waals surface area (Å²) in [5, 5.41) is 0. The van der Waals surface area contributed by atoms with Gasteiger partial charge in [-0.1, -0.05) is 0 Å². The van der Waals surface area contributed by atoms with Crippen LogP contribution in [0.3, 0.4) is 0 Å². The highest BCUT2D eigenvalue weighted by Gasteiger charge is 2.08. The lowest BCUT2D eigenvalue weighted by atomic mass is 10.2. The molecule has 2 N–H and O–H groups in total. The summed E-state index contributed by atoms with van der Waals surface area (Å²) >= 11 is 0. The first-order valence-corrected chi connectivity index (χ1v) is 5.26. The number of hydrogen-bond donors (Lipinski definition) is 1. The molecule has 0 saturated carbocycles. The normalized spacial score (nSPS) is 10.6. The number of hydrogen-bond acceptors (Lipinski definition) is 3. The molecule has 1 aromatic carbocycles. The molecule has 0 amide bonds. The Morgan fingerprint density at radius 3 is 2.50 bits per heavy atom. The predicted molar refractivity (Wildman–Crippen MR) is 84.0 cm³/mol. The number of benzene rings is 1. The van der Waals surface area contributed by atoms with Crippen molar-refractivity contribution >= 4 is 29.9 Å². The van der Waals surface area contributed by atoms with E-state index < -0.39 is 0 Å².